The summed E-state index contributed by atoms with van der Waals surface area (Å²) >= 11 is 0. The van der Waals surface area contributed by atoms with Crippen molar-refractivity contribution in [1.29, 1.82) is 0 Å². The second kappa shape index (κ2) is 6.23. The average Bonchev–Trinajstić information content (AvgIpc) is 2.96. The highest BCUT2D eigenvalue weighted by molar-refractivity contribution is 6.03. The number of benzene rings is 2. The number of ketones is 1. The Bertz CT molecular complexity index is 804. The van der Waals surface area contributed by atoms with Crippen molar-refractivity contribution in [1.82, 2.24) is 0 Å². The molecule has 0 radical (unpaired) electrons. The Morgan fingerprint density at radius 2 is 1.96 bits per heavy atom. The van der Waals surface area contributed by atoms with Gasteiger partial charge in [-0.15, -0.1) is 6.58 Å². The molecular formula is C21H22O3. The first kappa shape index (κ1) is 16.4. The molecule has 0 bridgehead atoms. The van der Waals surface area contributed by atoms with Crippen molar-refractivity contribution in [2.24, 2.45) is 11.3 Å². The van der Waals surface area contributed by atoms with Crippen LogP contribution in [0.2, 0.25) is 0 Å². The first-order chi connectivity index (χ1) is 11.4. The maximum atomic E-state index is 13.0. The van der Waals surface area contributed by atoms with Crippen LogP contribution in [-0.4, -0.2) is 17.9 Å². The lowest BCUT2D eigenvalue weighted by molar-refractivity contribution is -0.145. The Balaban J connectivity index is 1.94. The largest absolute Gasteiger partial charge is 0.461 e. The fourth-order valence-corrected chi connectivity index (χ4v) is 3.54. The molecule has 2 atom stereocenters. The van der Waals surface area contributed by atoms with Gasteiger partial charge in [0.2, 0.25) is 0 Å². The number of fused-ring (bicyclic) bond motifs is 1. The van der Waals surface area contributed by atoms with Crippen LogP contribution in [0.15, 0.2) is 55.1 Å². The van der Waals surface area contributed by atoms with E-state index in [1.807, 2.05) is 62.4 Å². The van der Waals surface area contributed by atoms with Crippen LogP contribution in [0.5, 0.6) is 0 Å². The predicted molar refractivity (Wildman–Crippen MR) is 94.9 cm³/mol. The monoisotopic (exact) mass is 322 g/mol. The maximum Gasteiger partial charge on any atom is 0.306 e. The number of carbonyl (C=O) groups excluding carboxylic acids is 2. The molecule has 1 aliphatic heterocycles. The second-order valence-electron chi connectivity index (χ2n) is 7.13. The fourth-order valence-electron chi connectivity index (χ4n) is 3.54. The zero-order valence-electron chi connectivity index (χ0n) is 14.1. The van der Waals surface area contributed by atoms with Crippen molar-refractivity contribution in [3.63, 3.8) is 0 Å². The summed E-state index contributed by atoms with van der Waals surface area (Å²) in [6, 6.07) is 13.6. The van der Waals surface area contributed by atoms with Crippen molar-refractivity contribution in [2.45, 2.75) is 32.8 Å². The lowest BCUT2D eigenvalue weighted by atomic mass is 9.75. The van der Waals surface area contributed by atoms with Crippen molar-refractivity contribution < 1.29 is 14.3 Å². The van der Waals surface area contributed by atoms with E-state index < -0.39 is 12.0 Å². The molecule has 0 spiro atoms. The van der Waals surface area contributed by atoms with Gasteiger partial charge >= 0.3 is 5.97 Å². The summed E-state index contributed by atoms with van der Waals surface area (Å²) in [6.45, 7) is 7.80. The van der Waals surface area contributed by atoms with Gasteiger partial charge in [0.05, 0.1) is 12.3 Å². The number of hydrogen-bond acceptors (Lipinski definition) is 3. The van der Waals surface area contributed by atoms with Gasteiger partial charge < -0.3 is 4.74 Å². The average molecular weight is 322 g/mol. The number of allylic oxidation sites excluding steroid dienone is 1. The van der Waals surface area contributed by atoms with E-state index in [2.05, 4.69) is 6.58 Å². The third-order valence-electron chi connectivity index (χ3n) is 4.82. The third-order valence-corrected chi connectivity index (χ3v) is 4.82. The fraction of sp³-hybridized carbons (Fsp3) is 0.333. The Kier molecular flexibility index (Phi) is 4.27. The number of hydrogen-bond donors (Lipinski definition) is 0. The molecule has 1 saturated heterocycles. The molecular weight excluding hydrogens is 300 g/mol. The van der Waals surface area contributed by atoms with E-state index in [1.54, 1.807) is 0 Å². The number of carbonyl (C=O) groups is 2. The summed E-state index contributed by atoms with van der Waals surface area (Å²) in [6.07, 6.45) is 2.23. The van der Waals surface area contributed by atoms with Crippen LogP contribution in [0, 0.1) is 11.3 Å². The summed E-state index contributed by atoms with van der Waals surface area (Å²) in [4.78, 5) is 24.9. The molecule has 1 fully saturated rings. The quantitative estimate of drug-likeness (QED) is 0.460. The number of rotatable bonds is 5. The van der Waals surface area contributed by atoms with Gasteiger partial charge in [-0.1, -0.05) is 56.3 Å². The third kappa shape index (κ3) is 2.99. The van der Waals surface area contributed by atoms with Gasteiger partial charge in [0.1, 0.15) is 6.10 Å². The van der Waals surface area contributed by atoms with Gasteiger partial charge in [0.15, 0.2) is 5.78 Å². The molecule has 3 rings (SSSR count). The summed E-state index contributed by atoms with van der Waals surface area (Å²) in [5.74, 6) is -0.751. The number of cyclic esters (lactones) is 1. The van der Waals surface area contributed by atoms with Crippen LogP contribution in [0.1, 0.15) is 37.0 Å². The number of Topliss-reactive ketones (excluding diaryl/α,β-unsaturated/α-hetero) is 1. The standard InChI is InChI=1S/C21H22O3/c1-4-11-21(2,3)20-17(13-18(22)24-20)19(23)16-10-9-14-7-5-6-8-15(14)12-16/h4-10,12,17,20H,1,11,13H2,2-3H3/t17-,20+/m0/s1. The number of ether oxygens (including phenoxy) is 1. The lowest BCUT2D eigenvalue weighted by Crippen LogP contribution is -2.37. The van der Waals surface area contributed by atoms with Crippen molar-refractivity contribution in [2.75, 3.05) is 0 Å². The van der Waals surface area contributed by atoms with Gasteiger partial charge in [-0.25, -0.2) is 0 Å². The molecule has 124 valence electrons. The summed E-state index contributed by atoms with van der Waals surface area (Å²) in [5, 5.41) is 2.12. The number of esters is 1. The first-order valence-corrected chi connectivity index (χ1v) is 8.26. The van der Waals surface area contributed by atoms with E-state index >= 15 is 0 Å². The molecule has 1 aliphatic rings. The van der Waals surface area contributed by atoms with E-state index in [0.717, 1.165) is 10.8 Å². The summed E-state index contributed by atoms with van der Waals surface area (Å²) < 4.78 is 5.51. The predicted octanol–water partition coefficient (Wildman–Crippen LogP) is 4.56. The zero-order valence-corrected chi connectivity index (χ0v) is 14.1. The van der Waals surface area contributed by atoms with Gasteiger partial charge in [0.25, 0.3) is 0 Å². The van der Waals surface area contributed by atoms with Crippen LogP contribution in [0.3, 0.4) is 0 Å². The Hall–Kier alpha value is -2.42. The van der Waals surface area contributed by atoms with Gasteiger partial charge in [0, 0.05) is 11.0 Å². The van der Waals surface area contributed by atoms with Gasteiger partial charge in [-0.2, -0.15) is 0 Å². The van der Waals surface area contributed by atoms with E-state index in [0.29, 0.717) is 12.0 Å². The minimum absolute atomic E-state index is 0.0197. The molecule has 0 N–H and O–H groups in total. The zero-order chi connectivity index (χ0) is 17.3. The highest BCUT2D eigenvalue weighted by Gasteiger charge is 2.47. The highest BCUT2D eigenvalue weighted by Crippen LogP contribution is 2.40. The summed E-state index contributed by atoms with van der Waals surface area (Å²) in [7, 11) is 0. The molecule has 1 heterocycles. The lowest BCUT2D eigenvalue weighted by Gasteiger charge is -2.32. The topological polar surface area (TPSA) is 43.4 Å². The Morgan fingerprint density at radius 3 is 2.67 bits per heavy atom. The van der Waals surface area contributed by atoms with Crippen molar-refractivity contribution in [3.8, 4) is 0 Å². The maximum absolute atomic E-state index is 13.0. The molecule has 0 unspecified atom stereocenters. The van der Waals surface area contributed by atoms with Crippen molar-refractivity contribution >= 4 is 22.5 Å². The smallest absolute Gasteiger partial charge is 0.306 e. The SMILES string of the molecule is C=CCC(C)(C)[C@@H]1OC(=O)C[C@H]1C(=O)c1ccc2ccccc2c1. The van der Waals surface area contributed by atoms with Gasteiger partial charge in [-0.05, 0) is 23.3 Å². The van der Waals surface area contributed by atoms with E-state index in [-0.39, 0.29) is 23.6 Å². The van der Waals surface area contributed by atoms with Gasteiger partial charge in [-0.3, -0.25) is 9.59 Å². The molecule has 0 amide bonds. The highest BCUT2D eigenvalue weighted by atomic mass is 16.6. The van der Waals surface area contributed by atoms with Crippen LogP contribution in [-0.2, 0) is 9.53 Å². The van der Waals surface area contributed by atoms with E-state index in [1.165, 1.54) is 0 Å². The molecule has 0 aliphatic carbocycles. The van der Waals surface area contributed by atoms with Crippen LogP contribution < -0.4 is 0 Å². The summed E-state index contributed by atoms with van der Waals surface area (Å²) in [5.41, 5.74) is 0.321. The van der Waals surface area contributed by atoms with Crippen LogP contribution >= 0.6 is 0 Å². The minimum Gasteiger partial charge on any atom is -0.461 e. The van der Waals surface area contributed by atoms with E-state index in [4.69, 9.17) is 4.74 Å². The first-order valence-electron chi connectivity index (χ1n) is 8.26. The van der Waals surface area contributed by atoms with Crippen molar-refractivity contribution in [3.05, 3.63) is 60.7 Å². The van der Waals surface area contributed by atoms with Crippen LogP contribution in [0.4, 0.5) is 0 Å². The Labute approximate surface area is 142 Å². The molecule has 3 heteroatoms. The molecule has 3 nitrogen and oxygen atoms in total. The minimum atomic E-state index is -0.436. The second-order valence-corrected chi connectivity index (χ2v) is 7.13. The molecule has 2 aromatic rings. The molecule has 0 saturated carbocycles. The molecule has 0 aromatic heterocycles. The van der Waals surface area contributed by atoms with Crippen LogP contribution in [0.25, 0.3) is 10.8 Å². The molecule has 24 heavy (non-hydrogen) atoms. The molecule has 2 aromatic carbocycles. The normalized spacial score (nSPS) is 20.8. The Morgan fingerprint density at radius 1 is 1.25 bits per heavy atom. The van der Waals surface area contributed by atoms with E-state index in [9.17, 15) is 9.59 Å².